The highest BCUT2D eigenvalue weighted by Gasteiger charge is 2.33. The molecule has 0 radical (unpaired) electrons. The minimum Gasteiger partial charge on any atom is -0.480 e. The summed E-state index contributed by atoms with van der Waals surface area (Å²) in [5, 5.41) is 10.6. The van der Waals surface area contributed by atoms with E-state index in [1.807, 2.05) is 36.4 Å². The van der Waals surface area contributed by atoms with Crippen molar-refractivity contribution in [3.8, 4) is 45.4 Å². The second-order valence-electron chi connectivity index (χ2n) is 11.8. The number of nitrogens with zero attached hydrogens (tertiary/aromatic N) is 4. The third-order valence-corrected chi connectivity index (χ3v) is 9.53. The van der Waals surface area contributed by atoms with Crippen LogP contribution in [0.1, 0.15) is 37.1 Å². The van der Waals surface area contributed by atoms with E-state index in [0.29, 0.717) is 106 Å². The maximum Gasteiger partial charge on any atom is 0.237 e. The zero-order chi connectivity index (χ0) is 33.8. The van der Waals surface area contributed by atoms with Gasteiger partial charge < -0.3 is 31.2 Å². The predicted octanol–water partition coefficient (Wildman–Crippen LogP) is 4.31. The van der Waals surface area contributed by atoms with Crippen molar-refractivity contribution < 1.29 is 19.1 Å². The molecule has 3 heterocycles. The summed E-state index contributed by atoms with van der Waals surface area (Å²) >= 11 is 14.1. The van der Waals surface area contributed by atoms with Crippen LogP contribution in [0.5, 0.6) is 11.8 Å². The van der Waals surface area contributed by atoms with Gasteiger partial charge in [0.05, 0.1) is 48.0 Å². The summed E-state index contributed by atoms with van der Waals surface area (Å²) in [6, 6.07) is 11.6. The van der Waals surface area contributed by atoms with Crippen LogP contribution in [-0.4, -0.2) is 64.6 Å². The first-order valence-corrected chi connectivity index (χ1v) is 16.4. The molecule has 250 valence electrons. The van der Waals surface area contributed by atoms with Crippen molar-refractivity contribution in [2.45, 2.75) is 50.9 Å². The molecule has 2 aliphatic rings. The van der Waals surface area contributed by atoms with Crippen LogP contribution in [0.15, 0.2) is 48.8 Å². The van der Waals surface area contributed by atoms with Crippen LogP contribution in [0.25, 0.3) is 33.6 Å². The summed E-state index contributed by atoms with van der Waals surface area (Å²) in [4.78, 5) is 41.5. The molecule has 14 heteroatoms. The number of carbonyl (C=O) groups excluding carboxylic acids is 2. The highest BCUT2D eigenvalue weighted by atomic mass is 35.5. The van der Waals surface area contributed by atoms with Crippen molar-refractivity contribution in [3.63, 3.8) is 0 Å². The van der Waals surface area contributed by atoms with Crippen molar-refractivity contribution in [1.82, 2.24) is 35.9 Å². The maximum atomic E-state index is 11.5. The number of hydrogen-bond acceptors (Lipinski definition) is 10. The Balaban J connectivity index is 1.20. The fourth-order valence-electron chi connectivity index (χ4n) is 5.95. The van der Waals surface area contributed by atoms with Crippen LogP contribution in [0.4, 0.5) is 0 Å². The lowest BCUT2D eigenvalue weighted by atomic mass is 9.80. The van der Waals surface area contributed by atoms with Gasteiger partial charge in [0.2, 0.25) is 23.6 Å². The van der Waals surface area contributed by atoms with Crippen molar-refractivity contribution in [2.24, 2.45) is 11.7 Å². The van der Waals surface area contributed by atoms with Gasteiger partial charge in [-0.1, -0.05) is 59.6 Å². The quantitative estimate of drug-likeness (QED) is 0.159. The number of halogens is 2. The van der Waals surface area contributed by atoms with E-state index in [1.54, 1.807) is 26.6 Å². The van der Waals surface area contributed by atoms with Crippen LogP contribution in [-0.2, 0) is 22.7 Å². The molecule has 1 atom stereocenters. The summed E-state index contributed by atoms with van der Waals surface area (Å²) in [6.45, 7) is 1.50. The predicted molar refractivity (Wildman–Crippen MR) is 182 cm³/mol. The van der Waals surface area contributed by atoms with Crippen LogP contribution in [0.2, 0.25) is 10.0 Å². The molecule has 1 saturated carbocycles. The van der Waals surface area contributed by atoms with E-state index in [-0.39, 0.29) is 29.8 Å². The van der Waals surface area contributed by atoms with E-state index in [9.17, 15) is 9.59 Å². The fourth-order valence-corrected chi connectivity index (χ4v) is 6.60. The van der Waals surface area contributed by atoms with E-state index in [4.69, 9.17) is 48.4 Å². The van der Waals surface area contributed by atoms with E-state index >= 15 is 0 Å². The third-order valence-electron chi connectivity index (χ3n) is 8.72. The number of hydrogen-bond donors (Lipinski definition) is 4. The number of ether oxygens (including phenoxy) is 2. The lowest BCUT2D eigenvalue weighted by Crippen LogP contribution is -2.46. The van der Waals surface area contributed by atoms with Crippen LogP contribution in [0, 0.1) is 5.92 Å². The van der Waals surface area contributed by atoms with Gasteiger partial charge in [0.1, 0.15) is 11.4 Å². The Morgan fingerprint density at radius 1 is 0.896 bits per heavy atom. The SMILES string of the molecule is COc1nc(-c2cccc(-c3cccc(-c4cnc(CN[C@H]5C[C@@H](C(N)=O)C5)c(OC)n4)c3Cl)c2Cl)cnc1CNC[C@@H]1CCC(=O)N1. The molecule has 1 aliphatic carbocycles. The van der Waals surface area contributed by atoms with E-state index < -0.39 is 0 Å². The molecule has 2 amide bonds. The Morgan fingerprint density at radius 3 is 1.94 bits per heavy atom. The molecule has 5 N–H and O–H groups in total. The van der Waals surface area contributed by atoms with E-state index in [0.717, 1.165) is 6.42 Å². The van der Waals surface area contributed by atoms with Gasteiger partial charge in [0.25, 0.3) is 0 Å². The second-order valence-corrected chi connectivity index (χ2v) is 12.6. The van der Waals surface area contributed by atoms with Gasteiger partial charge in [0.15, 0.2) is 0 Å². The monoisotopic (exact) mass is 690 g/mol. The van der Waals surface area contributed by atoms with Crippen molar-refractivity contribution in [1.29, 1.82) is 0 Å². The Hall–Kier alpha value is -4.36. The standard InChI is InChI=1S/C34H36Cl2N8O4/c1-47-33-27(14-38-13-19-9-10-29(45)42-19)40-15-25(43-33)23-7-3-5-21(30(23)35)22-6-4-8-24(31(22)36)26-16-41-28(34(44-26)48-2)17-39-20-11-18(12-20)32(37)46/h3-8,15-16,18-20,38-39H,9-14,17H2,1-2H3,(H2,37,46)(H,42,45)/t18-,19-,20+/m0/s1. The molecule has 1 aliphatic heterocycles. The molecule has 0 bridgehead atoms. The molecule has 6 rings (SSSR count). The maximum absolute atomic E-state index is 11.5. The zero-order valence-electron chi connectivity index (χ0n) is 26.6. The van der Waals surface area contributed by atoms with Crippen molar-refractivity contribution >= 4 is 35.0 Å². The molecule has 2 aromatic carbocycles. The Kier molecular flexibility index (Phi) is 10.4. The van der Waals surface area contributed by atoms with Crippen molar-refractivity contribution in [3.05, 3.63) is 70.2 Å². The lowest BCUT2D eigenvalue weighted by molar-refractivity contribution is -0.125. The minimum atomic E-state index is -0.262. The Bertz CT molecular complexity index is 1840. The summed E-state index contributed by atoms with van der Waals surface area (Å²) < 4.78 is 11.1. The molecule has 4 aromatic rings. The number of methoxy groups -OCH3 is 2. The fraction of sp³-hybridized carbons (Fsp3) is 0.353. The summed E-state index contributed by atoms with van der Waals surface area (Å²) in [5.74, 6) is 0.497. The first-order chi connectivity index (χ1) is 23.2. The third kappa shape index (κ3) is 7.21. The van der Waals surface area contributed by atoms with E-state index in [2.05, 4.69) is 25.9 Å². The molecule has 1 saturated heterocycles. The summed E-state index contributed by atoms with van der Waals surface area (Å²) in [6.07, 6.45) is 6.11. The van der Waals surface area contributed by atoms with E-state index in [1.165, 1.54) is 0 Å². The van der Waals surface area contributed by atoms with Gasteiger partial charge in [-0.3, -0.25) is 19.6 Å². The van der Waals surface area contributed by atoms with Crippen molar-refractivity contribution in [2.75, 3.05) is 20.8 Å². The van der Waals surface area contributed by atoms with Crippen LogP contribution >= 0.6 is 23.2 Å². The minimum absolute atomic E-state index is 0.0783. The largest absolute Gasteiger partial charge is 0.480 e. The highest BCUT2D eigenvalue weighted by Crippen LogP contribution is 2.42. The van der Waals surface area contributed by atoms with Gasteiger partial charge in [0, 0.05) is 66.3 Å². The number of carbonyl (C=O) groups is 2. The first-order valence-electron chi connectivity index (χ1n) is 15.7. The Morgan fingerprint density at radius 2 is 1.44 bits per heavy atom. The smallest absolute Gasteiger partial charge is 0.237 e. The Labute approximate surface area is 288 Å². The lowest BCUT2D eigenvalue weighted by Gasteiger charge is -2.33. The number of rotatable bonds is 13. The molecule has 2 aromatic heterocycles. The van der Waals surface area contributed by atoms with Gasteiger partial charge in [-0.25, -0.2) is 9.97 Å². The molecule has 0 spiro atoms. The average Bonchev–Trinajstić information content (AvgIpc) is 3.49. The van der Waals surface area contributed by atoms with Crippen LogP contribution in [0.3, 0.4) is 0 Å². The molecule has 48 heavy (non-hydrogen) atoms. The highest BCUT2D eigenvalue weighted by molar-refractivity contribution is 6.39. The zero-order valence-corrected chi connectivity index (χ0v) is 28.1. The number of nitrogens with two attached hydrogens (primary N) is 1. The van der Waals surface area contributed by atoms with Crippen LogP contribution < -0.4 is 31.2 Å². The summed E-state index contributed by atoms with van der Waals surface area (Å²) in [5.41, 5.74) is 10.5. The number of amides is 2. The molecular weight excluding hydrogens is 655 g/mol. The molecule has 2 fully saturated rings. The number of nitrogens with one attached hydrogen (secondary N) is 3. The van der Waals surface area contributed by atoms with Gasteiger partial charge >= 0.3 is 0 Å². The average molecular weight is 692 g/mol. The summed E-state index contributed by atoms with van der Waals surface area (Å²) in [7, 11) is 3.10. The first kappa shape index (κ1) is 33.5. The number of benzene rings is 2. The second kappa shape index (κ2) is 14.8. The number of primary amides is 1. The topological polar surface area (TPSA) is 166 Å². The normalized spacial score (nSPS) is 18.7. The van der Waals surface area contributed by atoms with Gasteiger partial charge in [-0.15, -0.1) is 0 Å². The number of aromatic nitrogens is 4. The van der Waals surface area contributed by atoms with Gasteiger partial charge in [-0.05, 0) is 19.3 Å². The molecule has 0 unspecified atom stereocenters. The molecule has 12 nitrogen and oxygen atoms in total. The van der Waals surface area contributed by atoms with Gasteiger partial charge in [-0.2, -0.15) is 0 Å². The molecular formula is C34H36Cl2N8O4.